The molecule has 0 bridgehead atoms. The molecule has 0 unspecified atom stereocenters. The van der Waals surface area contributed by atoms with E-state index in [0.29, 0.717) is 12.1 Å². The van der Waals surface area contributed by atoms with Gasteiger partial charge in [-0.15, -0.1) is 0 Å². The molecule has 0 fully saturated rings. The third kappa shape index (κ3) is 1.39. The molecule has 1 aliphatic rings. The minimum absolute atomic E-state index is 0.0218. The zero-order chi connectivity index (χ0) is 10.1. The van der Waals surface area contributed by atoms with E-state index >= 15 is 0 Å². The van der Waals surface area contributed by atoms with Crippen LogP contribution in [-0.2, 0) is 4.79 Å². The first-order chi connectivity index (χ1) is 6.68. The fourth-order valence-electron chi connectivity index (χ4n) is 1.60. The lowest BCUT2D eigenvalue weighted by molar-refractivity contribution is -0.115. The van der Waals surface area contributed by atoms with E-state index in [2.05, 4.69) is 5.32 Å². The number of hydrogen-bond acceptors (Lipinski definition) is 3. The summed E-state index contributed by atoms with van der Waals surface area (Å²) in [7, 11) is 1.96. The van der Waals surface area contributed by atoms with Crippen LogP contribution in [0.15, 0.2) is 18.2 Å². The minimum atomic E-state index is 0.0218. The molecule has 0 atom stereocenters. The van der Waals surface area contributed by atoms with E-state index in [0.717, 1.165) is 17.9 Å². The molecule has 0 aromatic heterocycles. The molecule has 2 rings (SSSR count). The number of nitrogens with two attached hydrogens (primary N) is 1. The van der Waals surface area contributed by atoms with Crippen LogP contribution >= 0.6 is 0 Å². The Kier molecular flexibility index (Phi) is 2.04. The maximum atomic E-state index is 11.4. The van der Waals surface area contributed by atoms with Crippen LogP contribution in [0.3, 0.4) is 0 Å². The molecule has 4 heteroatoms. The Morgan fingerprint density at radius 2 is 2.29 bits per heavy atom. The monoisotopic (exact) mass is 191 g/mol. The Morgan fingerprint density at radius 3 is 3.07 bits per heavy atom. The van der Waals surface area contributed by atoms with Gasteiger partial charge in [0, 0.05) is 20.0 Å². The van der Waals surface area contributed by atoms with Gasteiger partial charge in [-0.25, -0.2) is 0 Å². The molecule has 1 aromatic carbocycles. The summed E-state index contributed by atoms with van der Waals surface area (Å²) in [6.45, 7) is 0.724. The van der Waals surface area contributed by atoms with Crippen molar-refractivity contribution in [2.24, 2.45) is 0 Å². The topological polar surface area (TPSA) is 58.4 Å². The van der Waals surface area contributed by atoms with Gasteiger partial charge in [-0.05, 0) is 12.1 Å². The van der Waals surface area contributed by atoms with Crippen molar-refractivity contribution in [3.8, 4) is 0 Å². The SMILES string of the molecule is CN1CCC(=O)Nc2c(N)cccc21. The Hall–Kier alpha value is -1.71. The maximum absolute atomic E-state index is 11.4. The molecule has 0 aliphatic carbocycles. The van der Waals surface area contributed by atoms with Crippen molar-refractivity contribution in [2.45, 2.75) is 6.42 Å². The van der Waals surface area contributed by atoms with E-state index < -0.39 is 0 Å². The lowest BCUT2D eigenvalue weighted by Gasteiger charge is -2.18. The van der Waals surface area contributed by atoms with Crippen LogP contribution in [0, 0.1) is 0 Å². The van der Waals surface area contributed by atoms with Crippen molar-refractivity contribution < 1.29 is 4.79 Å². The van der Waals surface area contributed by atoms with Gasteiger partial charge in [0.2, 0.25) is 5.91 Å². The van der Waals surface area contributed by atoms with Gasteiger partial charge in [-0.2, -0.15) is 0 Å². The summed E-state index contributed by atoms with van der Waals surface area (Å²) in [6.07, 6.45) is 0.505. The quantitative estimate of drug-likeness (QED) is 0.602. The Labute approximate surface area is 82.7 Å². The summed E-state index contributed by atoms with van der Waals surface area (Å²) in [5, 5.41) is 2.82. The first-order valence-electron chi connectivity index (χ1n) is 4.58. The van der Waals surface area contributed by atoms with E-state index in [9.17, 15) is 4.79 Å². The van der Waals surface area contributed by atoms with Gasteiger partial charge >= 0.3 is 0 Å². The molecule has 1 amide bonds. The zero-order valence-electron chi connectivity index (χ0n) is 8.08. The summed E-state index contributed by atoms with van der Waals surface area (Å²) in [5.74, 6) is 0.0218. The molecule has 0 saturated carbocycles. The fourth-order valence-corrected chi connectivity index (χ4v) is 1.60. The second kappa shape index (κ2) is 3.21. The number of carbonyl (C=O) groups is 1. The third-order valence-electron chi connectivity index (χ3n) is 2.42. The average Bonchev–Trinajstić information content (AvgIpc) is 2.30. The highest BCUT2D eigenvalue weighted by molar-refractivity contribution is 6.00. The summed E-state index contributed by atoms with van der Waals surface area (Å²) in [5.41, 5.74) is 8.13. The van der Waals surface area contributed by atoms with E-state index in [4.69, 9.17) is 5.73 Å². The number of nitrogen functional groups attached to an aromatic ring is 1. The van der Waals surface area contributed by atoms with Crippen LogP contribution in [0.5, 0.6) is 0 Å². The molecule has 1 heterocycles. The van der Waals surface area contributed by atoms with Crippen molar-refractivity contribution in [1.29, 1.82) is 0 Å². The number of amides is 1. The molecule has 0 radical (unpaired) electrons. The second-order valence-corrected chi connectivity index (χ2v) is 3.46. The third-order valence-corrected chi connectivity index (χ3v) is 2.42. The number of anilines is 3. The van der Waals surface area contributed by atoms with Crippen molar-refractivity contribution in [3.63, 3.8) is 0 Å². The van der Waals surface area contributed by atoms with Gasteiger partial charge in [0.25, 0.3) is 0 Å². The fraction of sp³-hybridized carbons (Fsp3) is 0.300. The maximum Gasteiger partial charge on any atom is 0.226 e. The number of carbonyl (C=O) groups excluding carboxylic acids is 1. The minimum Gasteiger partial charge on any atom is -0.397 e. The van der Waals surface area contributed by atoms with Crippen LogP contribution < -0.4 is 16.0 Å². The van der Waals surface area contributed by atoms with E-state index in [1.165, 1.54) is 0 Å². The molecular formula is C10H13N3O. The molecule has 1 aliphatic heterocycles. The second-order valence-electron chi connectivity index (χ2n) is 3.46. The Balaban J connectivity index is 2.52. The molecular weight excluding hydrogens is 178 g/mol. The van der Waals surface area contributed by atoms with Crippen molar-refractivity contribution in [2.75, 3.05) is 29.5 Å². The molecule has 0 saturated heterocycles. The largest absolute Gasteiger partial charge is 0.397 e. The summed E-state index contributed by atoms with van der Waals surface area (Å²) in [6, 6.07) is 5.64. The zero-order valence-corrected chi connectivity index (χ0v) is 8.08. The Bertz CT molecular complexity index is 376. The summed E-state index contributed by atoms with van der Waals surface area (Å²) in [4.78, 5) is 13.4. The molecule has 4 nitrogen and oxygen atoms in total. The van der Waals surface area contributed by atoms with Gasteiger partial charge < -0.3 is 16.0 Å². The highest BCUT2D eigenvalue weighted by atomic mass is 16.1. The highest BCUT2D eigenvalue weighted by Crippen LogP contribution is 2.32. The number of benzene rings is 1. The first-order valence-corrected chi connectivity index (χ1v) is 4.58. The van der Waals surface area contributed by atoms with Crippen molar-refractivity contribution in [1.82, 2.24) is 0 Å². The number of para-hydroxylation sites is 1. The molecule has 14 heavy (non-hydrogen) atoms. The van der Waals surface area contributed by atoms with E-state index in [1.54, 1.807) is 6.07 Å². The van der Waals surface area contributed by atoms with Crippen LogP contribution in [-0.4, -0.2) is 19.5 Å². The van der Waals surface area contributed by atoms with E-state index in [-0.39, 0.29) is 5.91 Å². The van der Waals surface area contributed by atoms with Crippen molar-refractivity contribution >= 4 is 23.0 Å². The summed E-state index contributed by atoms with van der Waals surface area (Å²) >= 11 is 0. The van der Waals surface area contributed by atoms with Crippen LogP contribution in [0.1, 0.15) is 6.42 Å². The highest BCUT2D eigenvalue weighted by Gasteiger charge is 2.17. The van der Waals surface area contributed by atoms with Gasteiger partial charge in [-0.1, -0.05) is 6.07 Å². The first kappa shape index (κ1) is 8.87. The predicted octanol–water partition coefficient (Wildman–Crippen LogP) is 1.05. The average molecular weight is 191 g/mol. The van der Waals surface area contributed by atoms with E-state index in [1.807, 2.05) is 24.1 Å². The molecule has 74 valence electrons. The lowest BCUT2D eigenvalue weighted by atomic mass is 10.2. The van der Waals surface area contributed by atoms with Crippen LogP contribution in [0.4, 0.5) is 17.1 Å². The molecule has 3 N–H and O–H groups in total. The van der Waals surface area contributed by atoms with Crippen LogP contribution in [0.25, 0.3) is 0 Å². The van der Waals surface area contributed by atoms with Crippen molar-refractivity contribution in [3.05, 3.63) is 18.2 Å². The normalized spacial score (nSPS) is 15.8. The number of nitrogens with one attached hydrogen (secondary N) is 1. The number of fused-ring (bicyclic) bond motifs is 1. The van der Waals surface area contributed by atoms with Gasteiger partial charge in [0.15, 0.2) is 0 Å². The Morgan fingerprint density at radius 1 is 1.50 bits per heavy atom. The number of nitrogens with zero attached hydrogens (tertiary/aromatic N) is 1. The smallest absolute Gasteiger partial charge is 0.226 e. The van der Waals surface area contributed by atoms with Crippen LogP contribution in [0.2, 0.25) is 0 Å². The van der Waals surface area contributed by atoms with Gasteiger partial charge in [0.1, 0.15) is 0 Å². The molecule has 1 aromatic rings. The predicted molar refractivity (Wildman–Crippen MR) is 57.4 cm³/mol. The van der Waals surface area contributed by atoms with Gasteiger partial charge in [0.05, 0.1) is 17.1 Å². The van der Waals surface area contributed by atoms with Gasteiger partial charge in [-0.3, -0.25) is 4.79 Å². The molecule has 0 spiro atoms. The number of hydrogen-bond donors (Lipinski definition) is 2. The summed E-state index contributed by atoms with van der Waals surface area (Å²) < 4.78 is 0. The standard InChI is InChI=1S/C10H13N3O/c1-13-6-5-9(14)12-10-7(11)3-2-4-8(10)13/h2-4H,5-6,11H2,1H3,(H,12,14). The number of rotatable bonds is 0. The lowest BCUT2D eigenvalue weighted by Crippen LogP contribution is -2.18.